The maximum absolute atomic E-state index is 14.9. The first-order chi connectivity index (χ1) is 25.8. The van der Waals surface area contributed by atoms with Crippen molar-refractivity contribution in [3.8, 4) is 0 Å². The van der Waals surface area contributed by atoms with E-state index in [4.69, 9.17) is 36.6 Å². The predicted molar refractivity (Wildman–Crippen MR) is 198 cm³/mol. The third kappa shape index (κ3) is 11.0. The van der Waals surface area contributed by atoms with Crippen molar-refractivity contribution in [2.75, 3.05) is 58.6 Å². The van der Waals surface area contributed by atoms with Crippen molar-refractivity contribution >= 4 is 52.4 Å². The summed E-state index contributed by atoms with van der Waals surface area (Å²) in [6.07, 6.45) is 6.43. The zero-order valence-electron chi connectivity index (χ0n) is 29.0. The third-order valence-corrected chi connectivity index (χ3v) is 8.35. The largest absolute Gasteiger partial charge is 0.469 e. The Bertz CT molecular complexity index is 1870. The molecular weight excluding hydrogens is 712 g/mol. The van der Waals surface area contributed by atoms with Crippen molar-refractivity contribution in [2.24, 2.45) is 20.9 Å². The molecule has 0 spiro atoms. The molecule has 0 bridgehead atoms. The number of hydrogen-bond acceptors (Lipinski definition) is 13. The summed E-state index contributed by atoms with van der Waals surface area (Å²) >= 11 is 6.47. The minimum absolute atomic E-state index is 0.0665. The minimum atomic E-state index is -0.842. The van der Waals surface area contributed by atoms with Gasteiger partial charge >= 0.3 is 5.97 Å². The van der Waals surface area contributed by atoms with Crippen LogP contribution in [0, 0.1) is 11.6 Å². The van der Waals surface area contributed by atoms with Crippen molar-refractivity contribution in [1.29, 1.82) is 0 Å². The van der Waals surface area contributed by atoms with Crippen molar-refractivity contribution in [2.45, 2.75) is 30.9 Å². The lowest BCUT2D eigenvalue weighted by Gasteiger charge is -2.20. The summed E-state index contributed by atoms with van der Waals surface area (Å²) in [5.74, 6) is 4.20. The molecule has 0 radical (unpaired) electrons. The smallest absolute Gasteiger partial charge is 0.307 e. The molecule has 5 rings (SSSR count). The second-order valence-electron chi connectivity index (χ2n) is 11.8. The monoisotopic (exact) mass is 751 g/mol. The standard InChI is InChI=1S/C37H40ClF2N7O6/c1-50-33(49)11-12-51-13-14-52-15-16-53-22-27(48)20-42-21-32(47-41)23-5-8-26(9-6-23)45-37-44-19-24-18-43-36(34-30(39)3-2-4-31(34)40)29-17-25(38)7-10-28(29)35(24)46-37/h2-10,19,21,25,27,48H,11-18,20,22,41H2,1H3,(H,44,45,46). The zero-order chi connectivity index (χ0) is 37.6. The van der Waals surface area contributed by atoms with Gasteiger partial charge in [-0.25, -0.2) is 18.7 Å². The number of aromatic nitrogens is 2. The number of fused-ring (bicyclic) bond motifs is 2. The highest BCUT2D eigenvalue weighted by Crippen LogP contribution is 2.37. The zero-order valence-corrected chi connectivity index (χ0v) is 29.8. The van der Waals surface area contributed by atoms with Crippen molar-refractivity contribution in [1.82, 2.24) is 9.97 Å². The molecule has 53 heavy (non-hydrogen) atoms. The molecule has 3 aromatic rings. The lowest BCUT2D eigenvalue weighted by molar-refractivity contribution is -0.141. The molecule has 0 amide bonds. The van der Waals surface area contributed by atoms with E-state index in [1.54, 1.807) is 30.5 Å². The highest BCUT2D eigenvalue weighted by molar-refractivity contribution is 6.38. The van der Waals surface area contributed by atoms with Gasteiger partial charge < -0.3 is 35.2 Å². The Kier molecular flexibility index (Phi) is 14.7. The van der Waals surface area contributed by atoms with Crippen LogP contribution in [-0.2, 0) is 30.3 Å². The van der Waals surface area contributed by atoms with Gasteiger partial charge in [0.2, 0.25) is 5.95 Å². The Morgan fingerprint density at radius 2 is 1.81 bits per heavy atom. The number of halogens is 3. The highest BCUT2D eigenvalue weighted by Gasteiger charge is 2.29. The fraction of sp³-hybridized carbons (Fsp3) is 0.351. The lowest BCUT2D eigenvalue weighted by atomic mass is 9.88. The summed E-state index contributed by atoms with van der Waals surface area (Å²) in [4.78, 5) is 29.1. The summed E-state index contributed by atoms with van der Waals surface area (Å²) < 4.78 is 50.4. The molecule has 4 N–H and O–H groups in total. The Balaban J connectivity index is 1.13. The second kappa shape index (κ2) is 19.8. The number of nitrogens with one attached hydrogen (secondary N) is 1. The van der Waals surface area contributed by atoms with Crippen LogP contribution in [0.1, 0.15) is 35.2 Å². The van der Waals surface area contributed by atoms with Crippen molar-refractivity contribution in [3.05, 3.63) is 100 Å². The lowest BCUT2D eigenvalue weighted by Crippen LogP contribution is -2.21. The first-order valence-corrected chi connectivity index (χ1v) is 17.2. The predicted octanol–water partition coefficient (Wildman–Crippen LogP) is 4.53. The van der Waals surface area contributed by atoms with Crippen LogP contribution in [0.4, 0.5) is 20.4 Å². The van der Waals surface area contributed by atoms with E-state index in [0.717, 1.165) is 0 Å². The summed E-state index contributed by atoms with van der Waals surface area (Å²) in [5.41, 5.74) is 4.36. The van der Waals surface area contributed by atoms with E-state index in [2.05, 4.69) is 30.1 Å². The molecule has 2 aliphatic rings. The minimum Gasteiger partial charge on any atom is -0.469 e. The van der Waals surface area contributed by atoms with Gasteiger partial charge in [0.05, 0.1) is 94.7 Å². The molecule has 0 saturated carbocycles. The van der Waals surface area contributed by atoms with Gasteiger partial charge in [0.1, 0.15) is 17.3 Å². The van der Waals surface area contributed by atoms with E-state index in [0.29, 0.717) is 71.6 Å². The summed E-state index contributed by atoms with van der Waals surface area (Å²) in [6.45, 7) is 1.84. The molecule has 16 heteroatoms. The van der Waals surface area contributed by atoms with E-state index >= 15 is 0 Å². The van der Waals surface area contributed by atoms with Gasteiger partial charge in [0, 0.05) is 34.8 Å². The first-order valence-electron chi connectivity index (χ1n) is 16.8. The van der Waals surface area contributed by atoms with Crippen LogP contribution in [0.15, 0.2) is 81.5 Å². The Labute approximate surface area is 310 Å². The van der Waals surface area contributed by atoms with Crippen LogP contribution in [0.5, 0.6) is 0 Å². The van der Waals surface area contributed by atoms with Crippen LogP contribution in [-0.4, -0.2) is 103 Å². The number of carbonyl (C=O) groups is 1. The van der Waals surface area contributed by atoms with Gasteiger partial charge in [0.25, 0.3) is 0 Å². The number of benzene rings is 2. The summed E-state index contributed by atoms with van der Waals surface area (Å²) in [6, 6.07) is 10.9. The number of aliphatic hydroxyl groups excluding tert-OH is 1. The number of ether oxygens (including phenoxy) is 4. The number of aliphatic imine (C=N–C) groups is 2. The number of aliphatic hydroxyl groups is 1. The van der Waals surface area contributed by atoms with E-state index in [-0.39, 0.29) is 62.0 Å². The van der Waals surface area contributed by atoms with Crippen LogP contribution in [0.2, 0.25) is 0 Å². The number of anilines is 2. The third-order valence-electron chi connectivity index (χ3n) is 8.05. The molecule has 2 heterocycles. The number of nitrogens with zero attached hydrogens (tertiary/aromatic N) is 5. The number of nitrogens with two attached hydrogens (primary N) is 1. The van der Waals surface area contributed by atoms with Gasteiger partial charge in [-0.15, -0.1) is 11.6 Å². The number of allylic oxidation sites excluding steroid dienone is 4. The molecule has 0 fully saturated rings. The molecule has 2 atom stereocenters. The molecule has 2 aromatic carbocycles. The summed E-state index contributed by atoms with van der Waals surface area (Å²) in [5, 5.41) is 16.9. The van der Waals surface area contributed by atoms with Crippen LogP contribution >= 0.6 is 11.6 Å². The molecule has 1 aromatic heterocycles. The van der Waals surface area contributed by atoms with E-state index in [9.17, 15) is 18.7 Å². The number of rotatable bonds is 18. The van der Waals surface area contributed by atoms with E-state index in [1.165, 1.54) is 31.5 Å². The molecule has 0 saturated heterocycles. The highest BCUT2D eigenvalue weighted by atomic mass is 35.5. The fourth-order valence-electron chi connectivity index (χ4n) is 5.42. The number of alkyl halides is 1. The van der Waals surface area contributed by atoms with Gasteiger partial charge in [-0.3, -0.25) is 14.8 Å². The van der Waals surface area contributed by atoms with Crippen molar-refractivity contribution < 1.29 is 37.6 Å². The van der Waals surface area contributed by atoms with Crippen molar-refractivity contribution in [3.63, 3.8) is 0 Å². The molecule has 1 aliphatic heterocycles. The second-order valence-corrected chi connectivity index (χ2v) is 12.4. The number of esters is 1. The van der Waals surface area contributed by atoms with E-state index < -0.39 is 17.7 Å². The van der Waals surface area contributed by atoms with Crippen LogP contribution < -0.4 is 11.2 Å². The average Bonchev–Trinajstić information content (AvgIpc) is 3.30. The van der Waals surface area contributed by atoms with Crippen LogP contribution in [0.25, 0.3) is 5.57 Å². The van der Waals surface area contributed by atoms with Gasteiger partial charge in [-0.05, 0) is 36.3 Å². The van der Waals surface area contributed by atoms with Gasteiger partial charge in [-0.2, -0.15) is 5.10 Å². The normalized spacial score (nSPS) is 16.2. The molecule has 280 valence electrons. The van der Waals surface area contributed by atoms with Gasteiger partial charge in [0.15, 0.2) is 0 Å². The topological polar surface area (TPSA) is 175 Å². The maximum atomic E-state index is 14.9. The molecule has 13 nitrogen and oxygen atoms in total. The Hall–Kier alpha value is -4.93. The first kappa shape index (κ1) is 39.3. The SMILES string of the molecule is COC(=O)CCOCCOCCOCC(O)CN=CC(=NN)c1ccc(Nc2ncc3c(n2)C2=C(CC(Cl)C=C2)C(c2c(F)cccc2F)=NC3)cc1. The number of hydrogen-bond donors (Lipinski definition) is 3. The molecule has 2 unspecified atom stereocenters. The maximum Gasteiger partial charge on any atom is 0.307 e. The fourth-order valence-corrected chi connectivity index (χ4v) is 5.64. The van der Waals surface area contributed by atoms with E-state index in [1.807, 2.05) is 12.2 Å². The number of hydrazone groups is 1. The Morgan fingerprint density at radius 1 is 1.09 bits per heavy atom. The average molecular weight is 752 g/mol. The molecule has 1 aliphatic carbocycles. The van der Waals surface area contributed by atoms with Crippen LogP contribution in [0.3, 0.4) is 0 Å². The van der Waals surface area contributed by atoms with Gasteiger partial charge in [-0.1, -0.05) is 30.4 Å². The summed E-state index contributed by atoms with van der Waals surface area (Å²) in [7, 11) is 1.33. The number of carbonyl (C=O) groups excluding carboxylic acids is 1. The molecular formula is C37H40ClF2N7O6. The Morgan fingerprint density at radius 3 is 2.53 bits per heavy atom. The number of methoxy groups -OCH3 is 1. The quantitative estimate of drug-likeness (QED) is 0.0418.